The zero-order valence-corrected chi connectivity index (χ0v) is 39.0. The van der Waals surface area contributed by atoms with Crippen molar-refractivity contribution in [3.05, 3.63) is 152 Å². The molecule has 0 unspecified atom stereocenters. The van der Waals surface area contributed by atoms with Crippen LogP contribution in [0.3, 0.4) is 0 Å². The molecule has 3 heterocycles. The minimum atomic E-state index is -1.61. The van der Waals surface area contributed by atoms with Gasteiger partial charge in [0.1, 0.15) is 5.54 Å². The molecule has 0 fully saturated rings. The Labute approximate surface area is 366 Å². The Kier molecular flexibility index (Phi) is 8.67. The highest BCUT2D eigenvalue weighted by atomic mass is 16.5. The standard InChI is InChI=1S/C57H63N3O/c1-32-16-17-49-45(24-32)46-25-34(3)44(48-30-41(19-21-58-48)54(8,9)10)31-50(46)60(49)42-28-39(51-35(4)22-33(2)23-36(51)5)27-40(29-42)53-59-56(14)20-18-43-38(7)52(55(11,12)13)37(6)26-47(43)57(56,15)61-53/h16-17,19,21-31H,18,20H2,1-15H3/t56-,57+/m1/s1/i18D2. The summed E-state index contributed by atoms with van der Waals surface area (Å²) in [4.78, 5) is 10.4. The average molecular weight is 808 g/mol. The van der Waals surface area contributed by atoms with Gasteiger partial charge in [-0.15, -0.1) is 0 Å². The van der Waals surface area contributed by atoms with E-state index in [1.54, 1.807) is 0 Å². The molecule has 0 N–H and O–H groups in total. The maximum Gasteiger partial charge on any atom is 0.217 e. The lowest BCUT2D eigenvalue weighted by Crippen LogP contribution is -2.48. The third-order valence-electron chi connectivity index (χ3n) is 13.9. The molecule has 0 amide bonds. The number of nitrogens with zero attached hydrogens (tertiary/aromatic N) is 3. The van der Waals surface area contributed by atoms with Crippen molar-refractivity contribution in [1.82, 2.24) is 9.55 Å². The van der Waals surface area contributed by atoms with Crippen molar-refractivity contribution < 1.29 is 7.48 Å². The second-order valence-electron chi connectivity index (χ2n) is 20.8. The number of hydrogen-bond acceptors (Lipinski definition) is 3. The Morgan fingerprint density at radius 2 is 1.36 bits per heavy atom. The van der Waals surface area contributed by atoms with Crippen molar-refractivity contribution in [2.75, 3.05) is 0 Å². The van der Waals surface area contributed by atoms with E-state index in [1.807, 2.05) is 6.20 Å². The van der Waals surface area contributed by atoms with Crippen LogP contribution in [-0.4, -0.2) is 21.0 Å². The normalized spacial score (nSPS) is 20.3. The fourth-order valence-corrected chi connectivity index (χ4v) is 10.9. The van der Waals surface area contributed by atoms with Crippen molar-refractivity contribution >= 4 is 27.7 Å². The van der Waals surface area contributed by atoms with Gasteiger partial charge in [0.05, 0.1) is 16.7 Å². The summed E-state index contributed by atoms with van der Waals surface area (Å²) < 4.78 is 29.0. The number of rotatable bonds is 4. The summed E-state index contributed by atoms with van der Waals surface area (Å²) in [5.74, 6) is 0.542. The van der Waals surface area contributed by atoms with Crippen LogP contribution < -0.4 is 0 Å². The maximum absolute atomic E-state index is 9.63. The monoisotopic (exact) mass is 808 g/mol. The van der Waals surface area contributed by atoms with Crippen LogP contribution in [0.1, 0.15) is 131 Å². The molecular weight excluding hydrogens is 743 g/mol. The Bertz CT molecular complexity index is 3090. The molecule has 312 valence electrons. The van der Waals surface area contributed by atoms with E-state index in [0.717, 1.165) is 61.4 Å². The number of aliphatic imine (C=N–C) groups is 1. The summed E-state index contributed by atoms with van der Waals surface area (Å²) in [6, 6.07) is 29.3. The van der Waals surface area contributed by atoms with Crippen LogP contribution in [0, 0.1) is 48.5 Å². The summed E-state index contributed by atoms with van der Waals surface area (Å²) in [5, 5.41) is 2.39. The SMILES string of the molecule is [2H]C1([2H])C[C@@]2(C)N=C(c3cc(-c4c(C)cc(C)cc4C)cc(-n4c5ccc(C)cc5c5cc(C)c(-c6cc(C(C)(C)C)ccn6)cc54)c3)O[C@@]2(C)c2cc(C)c(C(C)(C)C)c(C)c21. The van der Waals surface area contributed by atoms with Gasteiger partial charge in [-0.2, -0.15) is 0 Å². The molecule has 0 spiro atoms. The molecule has 2 atom stereocenters. The number of benzene rings is 5. The number of fused-ring (bicyclic) bond motifs is 6. The van der Waals surface area contributed by atoms with Gasteiger partial charge >= 0.3 is 0 Å². The van der Waals surface area contributed by atoms with Gasteiger partial charge in [0.25, 0.3) is 0 Å². The minimum absolute atomic E-state index is 0.0141. The van der Waals surface area contributed by atoms with Gasteiger partial charge < -0.3 is 9.30 Å². The fraction of sp³-hybridized carbons (Fsp3) is 0.368. The molecule has 4 nitrogen and oxygen atoms in total. The van der Waals surface area contributed by atoms with Gasteiger partial charge in [0.2, 0.25) is 5.90 Å². The van der Waals surface area contributed by atoms with E-state index in [9.17, 15) is 2.74 Å². The molecule has 0 bridgehead atoms. The van der Waals surface area contributed by atoms with Crippen LogP contribution in [0.5, 0.6) is 0 Å². The highest BCUT2D eigenvalue weighted by molar-refractivity contribution is 6.11. The molecule has 0 radical (unpaired) electrons. The molecule has 1 aliphatic heterocycles. The molecule has 61 heavy (non-hydrogen) atoms. The van der Waals surface area contributed by atoms with E-state index < -0.39 is 17.5 Å². The van der Waals surface area contributed by atoms with E-state index in [-0.39, 0.29) is 17.3 Å². The topological polar surface area (TPSA) is 39.4 Å². The second kappa shape index (κ2) is 13.8. The molecule has 2 aromatic heterocycles. The number of pyridine rings is 1. The maximum atomic E-state index is 9.63. The van der Waals surface area contributed by atoms with Crippen molar-refractivity contribution in [3.8, 4) is 28.1 Å². The zero-order chi connectivity index (χ0) is 45.5. The molecule has 7 aromatic rings. The van der Waals surface area contributed by atoms with E-state index in [1.165, 1.54) is 55.3 Å². The quantitative estimate of drug-likeness (QED) is 0.178. The van der Waals surface area contributed by atoms with Crippen molar-refractivity contribution in [1.29, 1.82) is 0 Å². The van der Waals surface area contributed by atoms with Crippen LogP contribution >= 0.6 is 0 Å². The Hall–Kier alpha value is -5.48. The number of aryl methyl sites for hydroxylation is 6. The predicted molar refractivity (Wildman–Crippen MR) is 258 cm³/mol. The van der Waals surface area contributed by atoms with Crippen LogP contribution in [0.15, 0.2) is 90.1 Å². The smallest absolute Gasteiger partial charge is 0.217 e. The van der Waals surface area contributed by atoms with Crippen LogP contribution in [0.2, 0.25) is 0 Å². The van der Waals surface area contributed by atoms with Gasteiger partial charge in [0.15, 0.2) is 5.60 Å². The molecule has 2 aliphatic rings. The van der Waals surface area contributed by atoms with Crippen molar-refractivity contribution in [2.24, 2.45) is 4.99 Å². The van der Waals surface area contributed by atoms with Gasteiger partial charge in [-0.05, 0) is 196 Å². The Balaban J connectivity index is 1.31. The van der Waals surface area contributed by atoms with Crippen LogP contribution in [-0.2, 0) is 27.5 Å². The average Bonchev–Trinajstić information content (AvgIpc) is 3.62. The largest absolute Gasteiger partial charge is 0.464 e. The second-order valence-corrected chi connectivity index (χ2v) is 20.8. The summed E-state index contributed by atoms with van der Waals surface area (Å²) in [5.41, 5.74) is 18.9. The first-order valence-corrected chi connectivity index (χ1v) is 22.0. The van der Waals surface area contributed by atoms with Crippen LogP contribution in [0.4, 0.5) is 0 Å². The predicted octanol–water partition coefficient (Wildman–Crippen LogP) is 14.7. The van der Waals surface area contributed by atoms with Gasteiger partial charge in [-0.1, -0.05) is 76.9 Å². The number of hydrogen-bond donors (Lipinski definition) is 0. The molecule has 0 saturated heterocycles. The minimum Gasteiger partial charge on any atom is -0.464 e. The van der Waals surface area contributed by atoms with Crippen molar-refractivity contribution in [3.63, 3.8) is 0 Å². The summed E-state index contributed by atoms with van der Waals surface area (Å²) in [7, 11) is 0. The van der Waals surface area contributed by atoms with Gasteiger partial charge in [0, 0.05) is 42.1 Å². The molecule has 5 aromatic carbocycles. The van der Waals surface area contributed by atoms with E-state index in [0.29, 0.717) is 5.90 Å². The number of ether oxygens (including phenoxy) is 1. The zero-order valence-electron chi connectivity index (χ0n) is 41.0. The van der Waals surface area contributed by atoms with Gasteiger partial charge in [-0.3, -0.25) is 4.98 Å². The third kappa shape index (κ3) is 6.46. The fourth-order valence-electron chi connectivity index (χ4n) is 10.9. The highest BCUT2D eigenvalue weighted by Crippen LogP contribution is 2.54. The third-order valence-corrected chi connectivity index (χ3v) is 13.9. The first-order valence-electron chi connectivity index (χ1n) is 23.0. The lowest BCUT2D eigenvalue weighted by atomic mass is 9.65. The lowest BCUT2D eigenvalue weighted by Gasteiger charge is -2.44. The molecule has 4 heteroatoms. The van der Waals surface area contributed by atoms with Crippen LogP contribution in [0.25, 0.3) is 49.9 Å². The summed E-state index contributed by atoms with van der Waals surface area (Å²) in [6.07, 6.45) is 0.546. The molecule has 0 saturated carbocycles. The Morgan fingerprint density at radius 3 is 2.05 bits per heavy atom. The van der Waals surface area contributed by atoms with E-state index in [4.69, 9.17) is 14.7 Å². The first kappa shape index (κ1) is 38.4. The molecule has 1 aliphatic carbocycles. The van der Waals surface area contributed by atoms with E-state index in [2.05, 4.69) is 187 Å². The molecule has 9 rings (SSSR count). The number of aromatic nitrogens is 2. The summed E-state index contributed by atoms with van der Waals surface area (Å²) >= 11 is 0. The first-order chi connectivity index (χ1) is 29.3. The molecular formula is C57H63N3O. The highest BCUT2D eigenvalue weighted by Gasteiger charge is 2.57. The van der Waals surface area contributed by atoms with Gasteiger partial charge in [-0.25, -0.2) is 4.99 Å². The lowest BCUT2D eigenvalue weighted by molar-refractivity contribution is 0.0178. The Morgan fingerprint density at radius 1 is 0.672 bits per heavy atom. The van der Waals surface area contributed by atoms with Crippen molar-refractivity contribution in [2.45, 2.75) is 139 Å². The van der Waals surface area contributed by atoms with E-state index >= 15 is 0 Å². The summed E-state index contributed by atoms with van der Waals surface area (Å²) in [6.45, 7) is 32.8.